The fraction of sp³-hybridized carbons (Fsp3) is 0.115. The molecule has 0 heterocycles. The third kappa shape index (κ3) is 4.52. The lowest BCUT2D eigenvalue weighted by Gasteiger charge is -2.08. The molecule has 0 spiro atoms. The monoisotopic (exact) mass is 383 g/mol. The van der Waals surface area contributed by atoms with Gasteiger partial charge in [-0.3, -0.25) is 4.79 Å². The zero-order valence-corrected chi connectivity index (χ0v) is 16.3. The summed E-state index contributed by atoms with van der Waals surface area (Å²) in [6.07, 6.45) is 4.28. The van der Waals surface area contributed by atoms with Crippen LogP contribution in [0.4, 0.5) is 4.39 Å². The Balaban J connectivity index is 1.56. The molecule has 1 amide bonds. The van der Waals surface area contributed by atoms with Crippen LogP contribution in [0.15, 0.2) is 78.9 Å². The minimum absolute atomic E-state index is 0.0769. The molecule has 4 rings (SSSR count). The van der Waals surface area contributed by atoms with E-state index >= 15 is 0 Å². The van der Waals surface area contributed by atoms with Gasteiger partial charge in [-0.1, -0.05) is 66.2 Å². The first-order valence-corrected chi connectivity index (χ1v) is 9.68. The highest BCUT2D eigenvalue weighted by atomic mass is 19.1. The number of hydrogen-bond donors (Lipinski definition) is 1. The summed E-state index contributed by atoms with van der Waals surface area (Å²) in [6.45, 7) is 2.53. The van der Waals surface area contributed by atoms with Gasteiger partial charge in [0.05, 0.1) is 6.42 Å². The number of nitrogens with one attached hydrogen (secondary N) is 1. The van der Waals surface area contributed by atoms with Crippen LogP contribution in [0, 0.1) is 12.7 Å². The van der Waals surface area contributed by atoms with Gasteiger partial charge in [0.15, 0.2) is 0 Å². The summed E-state index contributed by atoms with van der Waals surface area (Å²) in [4.78, 5) is 12.5. The van der Waals surface area contributed by atoms with Gasteiger partial charge in [-0.2, -0.15) is 0 Å². The van der Waals surface area contributed by atoms with E-state index in [1.807, 2.05) is 36.4 Å². The smallest absolute Gasteiger partial charge is 0.224 e. The summed E-state index contributed by atoms with van der Waals surface area (Å²) in [5.74, 6) is -0.372. The highest BCUT2D eigenvalue weighted by Gasteiger charge is 2.21. The second-order valence-corrected chi connectivity index (χ2v) is 7.31. The minimum atomic E-state index is -0.295. The molecule has 1 N–H and O–H groups in total. The number of halogens is 1. The van der Waals surface area contributed by atoms with Crippen LogP contribution in [-0.2, 0) is 11.3 Å². The first kappa shape index (κ1) is 18.9. The molecule has 0 unspecified atom stereocenters. The van der Waals surface area contributed by atoms with Gasteiger partial charge in [0.1, 0.15) is 5.82 Å². The average molecular weight is 383 g/mol. The van der Waals surface area contributed by atoms with Crippen molar-refractivity contribution >= 4 is 23.1 Å². The Hall–Kier alpha value is -3.46. The molecule has 0 saturated heterocycles. The molecule has 2 nitrogen and oxygen atoms in total. The molecular weight excluding hydrogens is 361 g/mol. The zero-order chi connectivity index (χ0) is 20.2. The Morgan fingerprint density at radius 3 is 2.48 bits per heavy atom. The summed E-state index contributed by atoms with van der Waals surface area (Å²) < 4.78 is 13.9. The lowest BCUT2D eigenvalue weighted by atomic mass is 10.0. The van der Waals surface area contributed by atoms with Crippen LogP contribution in [-0.4, -0.2) is 5.91 Å². The maximum absolute atomic E-state index is 13.9. The summed E-state index contributed by atoms with van der Waals surface area (Å²) in [6, 6.07) is 22.8. The van der Waals surface area contributed by atoms with Crippen LogP contribution in [0.5, 0.6) is 0 Å². The standard InChI is InChI=1S/C26H22FNO/c1-18-7-9-19(10-8-18)13-21-14-22(25-16-23(27)11-12-24(21)25)15-26(29)28-17-20-5-3-2-4-6-20/h2-14,16H,15,17H2,1H3,(H,28,29)/b21-13+. The van der Waals surface area contributed by atoms with E-state index < -0.39 is 0 Å². The topological polar surface area (TPSA) is 29.1 Å². The quantitative estimate of drug-likeness (QED) is 0.595. The van der Waals surface area contributed by atoms with Crippen LogP contribution in [0.2, 0.25) is 0 Å². The first-order chi connectivity index (χ1) is 14.1. The van der Waals surface area contributed by atoms with E-state index in [0.29, 0.717) is 6.54 Å². The molecular formula is C26H22FNO. The van der Waals surface area contributed by atoms with E-state index in [1.54, 1.807) is 6.07 Å². The molecule has 3 heteroatoms. The Bertz CT molecular complexity index is 1100. The van der Waals surface area contributed by atoms with Crippen molar-refractivity contribution in [3.63, 3.8) is 0 Å². The van der Waals surface area contributed by atoms with Crippen LogP contribution in [0.25, 0.3) is 17.2 Å². The lowest BCUT2D eigenvalue weighted by Crippen LogP contribution is -2.22. The third-order valence-corrected chi connectivity index (χ3v) is 5.05. The van der Waals surface area contributed by atoms with Crippen molar-refractivity contribution in [2.24, 2.45) is 0 Å². The van der Waals surface area contributed by atoms with Crippen molar-refractivity contribution < 1.29 is 9.18 Å². The second kappa shape index (κ2) is 8.27. The van der Waals surface area contributed by atoms with Gasteiger partial charge in [-0.05, 0) is 64.6 Å². The highest BCUT2D eigenvalue weighted by molar-refractivity contribution is 6.05. The zero-order valence-electron chi connectivity index (χ0n) is 16.3. The molecule has 0 saturated carbocycles. The highest BCUT2D eigenvalue weighted by Crippen LogP contribution is 2.38. The largest absolute Gasteiger partial charge is 0.352 e. The molecule has 1 aliphatic rings. The normalized spacial score (nSPS) is 13.9. The minimum Gasteiger partial charge on any atom is -0.352 e. The van der Waals surface area contributed by atoms with Crippen LogP contribution in [0.1, 0.15) is 34.2 Å². The van der Waals surface area contributed by atoms with Crippen LogP contribution < -0.4 is 5.32 Å². The van der Waals surface area contributed by atoms with E-state index in [2.05, 4.69) is 42.6 Å². The van der Waals surface area contributed by atoms with Crippen molar-refractivity contribution in [3.8, 4) is 0 Å². The van der Waals surface area contributed by atoms with Gasteiger partial charge in [-0.15, -0.1) is 0 Å². The van der Waals surface area contributed by atoms with Gasteiger partial charge in [-0.25, -0.2) is 4.39 Å². The number of benzene rings is 3. The molecule has 3 aromatic rings. The van der Waals surface area contributed by atoms with Crippen molar-refractivity contribution in [2.45, 2.75) is 19.9 Å². The Morgan fingerprint density at radius 1 is 0.966 bits per heavy atom. The fourth-order valence-corrected chi connectivity index (χ4v) is 3.52. The molecule has 0 radical (unpaired) electrons. The summed E-state index contributed by atoms with van der Waals surface area (Å²) in [7, 11) is 0. The first-order valence-electron chi connectivity index (χ1n) is 9.68. The van der Waals surface area contributed by atoms with Crippen molar-refractivity contribution in [3.05, 3.63) is 113 Å². The number of fused-ring (bicyclic) bond motifs is 1. The number of hydrogen-bond acceptors (Lipinski definition) is 1. The maximum Gasteiger partial charge on any atom is 0.224 e. The molecule has 0 bridgehead atoms. The maximum atomic E-state index is 13.9. The number of carbonyl (C=O) groups is 1. The van der Waals surface area contributed by atoms with E-state index in [9.17, 15) is 9.18 Å². The van der Waals surface area contributed by atoms with Gasteiger partial charge in [0.2, 0.25) is 5.91 Å². The number of carbonyl (C=O) groups excluding carboxylic acids is 1. The summed E-state index contributed by atoms with van der Waals surface area (Å²) in [5, 5.41) is 2.95. The van der Waals surface area contributed by atoms with E-state index in [0.717, 1.165) is 33.4 Å². The predicted molar refractivity (Wildman–Crippen MR) is 116 cm³/mol. The molecule has 0 aromatic heterocycles. The van der Waals surface area contributed by atoms with E-state index in [4.69, 9.17) is 0 Å². The number of rotatable bonds is 5. The Morgan fingerprint density at radius 2 is 1.72 bits per heavy atom. The second-order valence-electron chi connectivity index (χ2n) is 7.31. The van der Waals surface area contributed by atoms with Crippen LogP contribution >= 0.6 is 0 Å². The van der Waals surface area contributed by atoms with Crippen LogP contribution in [0.3, 0.4) is 0 Å². The van der Waals surface area contributed by atoms with Gasteiger partial charge < -0.3 is 5.32 Å². The van der Waals surface area contributed by atoms with Gasteiger partial charge in [0, 0.05) is 6.54 Å². The third-order valence-electron chi connectivity index (χ3n) is 5.05. The van der Waals surface area contributed by atoms with Crippen molar-refractivity contribution in [2.75, 3.05) is 0 Å². The molecule has 3 aromatic carbocycles. The lowest BCUT2D eigenvalue weighted by molar-refractivity contribution is -0.120. The fourth-order valence-electron chi connectivity index (χ4n) is 3.52. The van der Waals surface area contributed by atoms with Crippen molar-refractivity contribution in [1.29, 1.82) is 0 Å². The van der Waals surface area contributed by atoms with Gasteiger partial charge in [0.25, 0.3) is 0 Å². The molecule has 0 aliphatic heterocycles. The van der Waals surface area contributed by atoms with Gasteiger partial charge >= 0.3 is 0 Å². The predicted octanol–water partition coefficient (Wildman–Crippen LogP) is 5.78. The Kier molecular flexibility index (Phi) is 5.39. The van der Waals surface area contributed by atoms with E-state index in [-0.39, 0.29) is 18.1 Å². The molecule has 144 valence electrons. The number of allylic oxidation sites excluding steroid dienone is 2. The molecule has 0 fully saturated rings. The average Bonchev–Trinajstić information content (AvgIpc) is 3.05. The summed E-state index contributed by atoms with van der Waals surface area (Å²) in [5.41, 5.74) is 6.90. The molecule has 1 aliphatic carbocycles. The molecule has 29 heavy (non-hydrogen) atoms. The number of amides is 1. The Labute approximate surface area is 170 Å². The number of aryl methyl sites for hydroxylation is 1. The van der Waals surface area contributed by atoms with Crippen molar-refractivity contribution in [1.82, 2.24) is 5.32 Å². The SMILES string of the molecule is Cc1ccc(/C=C2\C=C(CC(=O)NCc3ccccc3)c3cc(F)ccc32)cc1. The summed E-state index contributed by atoms with van der Waals surface area (Å²) >= 11 is 0. The van der Waals surface area contributed by atoms with E-state index in [1.165, 1.54) is 17.7 Å². The molecule has 0 atom stereocenters.